The second kappa shape index (κ2) is 8.36. The van der Waals surface area contributed by atoms with E-state index in [1.165, 1.54) is 10.4 Å². The number of carbonyl (C=O) groups excluding carboxylic acids is 2. The van der Waals surface area contributed by atoms with Gasteiger partial charge in [-0.15, -0.1) is 10.2 Å². The van der Waals surface area contributed by atoms with Gasteiger partial charge in [0.2, 0.25) is 17.6 Å². The van der Waals surface area contributed by atoms with Crippen LogP contribution < -0.4 is 10.6 Å². The van der Waals surface area contributed by atoms with Crippen LogP contribution in [0.3, 0.4) is 0 Å². The number of rotatable bonds is 7. The summed E-state index contributed by atoms with van der Waals surface area (Å²) in [4.78, 5) is 24.6. The molecule has 0 unspecified atom stereocenters. The highest BCUT2D eigenvalue weighted by atomic mass is 16.2. The van der Waals surface area contributed by atoms with E-state index < -0.39 is 0 Å². The largest absolute Gasteiger partial charge is 0.352 e. The van der Waals surface area contributed by atoms with Crippen LogP contribution >= 0.6 is 0 Å². The Hall–Kier alpha value is -2.77. The molecule has 0 aliphatic heterocycles. The maximum atomic E-state index is 11.8. The average Bonchev–Trinajstić information content (AvgIpc) is 3.01. The molecule has 0 saturated carbocycles. The number of hydrogen-bond donors (Lipinski definition) is 2. The first-order valence-corrected chi connectivity index (χ1v) is 8.29. The third-order valence-electron chi connectivity index (χ3n) is 3.47. The Balaban J connectivity index is 1.90. The zero-order chi connectivity index (χ0) is 18.4. The van der Waals surface area contributed by atoms with Gasteiger partial charge in [0.1, 0.15) is 6.54 Å². The van der Waals surface area contributed by atoms with Gasteiger partial charge in [0, 0.05) is 11.6 Å². The minimum atomic E-state index is -0.349. The fourth-order valence-electron chi connectivity index (χ4n) is 2.18. The summed E-state index contributed by atoms with van der Waals surface area (Å²) in [6, 6.07) is 7.97. The van der Waals surface area contributed by atoms with E-state index in [1.54, 1.807) is 0 Å². The lowest BCUT2D eigenvalue weighted by atomic mass is 10.0. The summed E-state index contributed by atoms with van der Waals surface area (Å²) in [6.07, 6.45) is 0. The van der Waals surface area contributed by atoms with Crippen molar-refractivity contribution in [3.8, 4) is 11.4 Å². The van der Waals surface area contributed by atoms with Crippen LogP contribution in [0, 0.1) is 0 Å². The van der Waals surface area contributed by atoms with Crippen LogP contribution in [-0.2, 0) is 16.1 Å². The number of nitrogens with one attached hydrogen (secondary N) is 2. The number of nitrogens with zero attached hydrogens (tertiary/aromatic N) is 4. The van der Waals surface area contributed by atoms with Crippen molar-refractivity contribution < 1.29 is 9.59 Å². The zero-order valence-electron chi connectivity index (χ0n) is 15.0. The summed E-state index contributed by atoms with van der Waals surface area (Å²) in [7, 11) is 0. The van der Waals surface area contributed by atoms with Crippen LogP contribution in [0.1, 0.15) is 39.2 Å². The van der Waals surface area contributed by atoms with Crippen molar-refractivity contribution in [3.63, 3.8) is 0 Å². The molecule has 2 aromatic rings. The number of tetrazole rings is 1. The summed E-state index contributed by atoms with van der Waals surface area (Å²) >= 11 is 0. The molecule has 1 aromatic carbocycles. The molecule has 2 N–H and O–H groups in total. The summed E-state index contributed by atoms with van der Waals surface area (Å²) in [5, 5.41) is 17.3. The van der Waals surface area contributed by atoms with E-state index >= 15 is 0 Å². The number of benzene rings is 1. The fourth-order valence-corrected chi connectivity index (χ4v) is 2.18. The lowest BCUT2D eigenvalue weighted by Gasteiger charge is -2.08. The maximum absolute atomic E-state index is 11.8. The molecule has 0 aliphatic carbocycles. The molecule has 0 saturated heterocycles. The number of aromatic nitrogens is 4. The molecule has 2 rings (SSSR count). The maximum Gasteiger partial charge on any atom is 0.244 e. The number of hydrogen-bond acceptors (Lipinski definition) is 5. The first-order valence-electron chi connectivity index (χ1n) is 8.29. The van der Waals surface area contributed by atoms with E-state index in [9.17, 15) is 9.59 Å². The summed E-state index contributed by atoms with van der Waals surface area (Å²) < 4.78 is 0. The Kier molecular flexibility index (Phi) is 6.21. The highest BCUT2D eigenvalue weighted by Gasteiger charge is 2.11. The predicted octanol–water partition coefficient (Wildman–Crippen LogP) is 1.10. The van der Waals surface area contributed by atoms with Crippen LogP contribution in [0.2, 0.25) is 0 Å². The van der Waals surface area contributed by atoms with Gasteiger partial charge < -0.3 is 10.6 Å². The minimum absolute atomic E-state index is 0.0334. The zero-order valence-corrected chi connectivity index (χ0v) is 15.0. The van der Waals surface area contributed by atoms with Crippen molar-refractivity contribution in [2.24, 2.45) is 0 Å². The molecular weight excluding hydrogens is 320 g/mol. The molecule has 134 valence electrons. The third kappa shape index (κ3) is 5.66. The van der Waals surface area contributed by atoms with Gasteiger partial charge in [-0.3, -0.25) is 9.59 Å². The Bertz CT molecular complexity index is 721. The molecule has 25 heavy (non-hydrogen) atoms. The predicted molar refractivity (Wildman–Crippen MR) is 93.6 cm³/mol. The fraction of sp³-hybridized carbons (Fsp3) is 0.471. The molecule has 1 heterocycles. The minimum Gasteiger partial charge on any atom is -0.352 e. The molecule has 2 amide bonds. The Morgan fingerprint density at radius 3 is 2.36 bits per heavy atom. The second-order valence-corrected chi connectivity index (χ2v) is 6.42. The van der Waals surface area contributed by atoms with E-state index in [1.807, 2.05) is 38.1 Å². The Labute approximate surface area is 147 Å². The smallest absolute Gasteiger partial charge is 0.244 e. The molecule has 1 aromatic heterocycles. The van der Waals surface area contributed by atoms with Crippen molar-refractivity contribution in [1.29, 1.82) is 0 Å². The first kappa shape index (κ1) is 18.6. The van der Waals surface area contributed by atoms with Gasteiger partial charge in [-0.05, 0) is 30.5 Å². The first-order chi connectivity index (χ1) is 11.8. The molecule has 0 spiro atoms. The lowest BCUT2D eigenvalue weighted by molar-refractivity contribution is -0.126. The molecule has 0 fully saturated rings. The van der Waals surface area contributed by atoms with Crippen LogP contribution in [0.15, 0.2) is 24.3 Å². The van der Waals surface area contributed by atoms with Crippen LogP contribution in [0.25, 0.3) is 11.4 Å². The van der Waals surface area contributed by atoms with E-state index in [0.717, 1.165) is 5.56 Å². The van der Waals surface area contributed by atoms with Gasteiger partial charge in [-0.2, -0.15) is 4.80 Å². The molecular formula is C17H24N6O2. The molecule has 8 heteroatoms. The van der Waals surface area contributed by atoms with Crippen LogP contribution in [0.4, 0.5) is 0 Å². The lowest BCUT2D eigenvalue weighted by Crippen LogP contribution is -2.40. The topological polar surface area (TPSA) is 102 Å². The number of amides is 2. The summed E-state index contributed by atoms with van der Waals surface area (Å²) in [5.74, 6) is 0.328. The molecule has 0 atom stereocenters. The van der Waals surface area contributed by atoms with Gasteiger partial charge in [-0.1, -0.05) is 38.1 Å². The van der Waals surface area contributed by atoms with Gasteiger partial charge in [-0.25, -0.2) is 0 Å². The third-order valence-corrected chi connectivity index (χ3v) is 3.47. The van der Waals surface area contributed by atoms with E-state index in [4.69, 9.17) is 0 Å². The summed E-state index contributed by atoms with van der Waals surface area (Å²) in [5.41, 5.74) is 2.07. The average molecular weight is 344 g/mol. The quantitative estimate of drug-likeness (QED) is 0.783. The van der Waals surface area contributed by atoms with Crippen molar-refractivity contribution in [1.82, 2.24) is 30.8 Å². The van der Waals surface area contributed by atoms with E-state index in [2.05, 4.69) is 39.9 Å². The number of carbonyl (C=O) groups is 2. The van der Waals surface area contributed by atoms with Gasteiger partial charge in [0.05, 0.1) is 6.54 Å². The van der Waals surface area contributed by atoms with E-state index in [0.29, 0.717) is 11.7 Å². The van der Waals surface area contributed by atoms with Gasteiger partial charge in [0.15, 0.2) is 0 Å². The van der Waals surface area contributed by atoms with E-state index in [-0.39, 0.29) is 30.9 Å². The van der Waals surface area contributed by atoms with Crippen molar-refractivity contribution in [2.45, 2.75) is 46.2 Å². The second-order valence-electron chi connectivity index (χ2n) is 6.42. The molecule has 8 nitrogen and oxygen atoms in total. The van der Waals surface area contributed by atoms with Crippen LogP contribution in [0.5, 0.6) is 0 Å². The standard InChI is InChI=1S/C17H24N6O2/c1-11(2)13-5-7-14(8-6-13)17-20-22-23(21-17)10-16(25)18-9-15(24)19-12(3)4/h5-8,11-12H,9-10H2,1-4H3,(H,18,25)(H,19,24). The highest BCUT2D eigenvalue weighted by molar-refractivity contribution is 5.84. The molecule has 0 bridgehead atoms. The molecule has 0 radical (unpaired) electrons. The SMILES string of the molecule is CC(C)NC(=O)CNC(=O)Cn1nnc(-c2ccc(C(C)C)cc2)n1. The van der Waals surface area contributed by atoms with Crippen molar-refractivity contribution in [2.75, 3.05) is 6.54 Å². The molecule has 0 aliphatic rings. The van der Waals surface area contributed by atoms with Crippen molar-refractivity contribution in [3.05, 3.63) is 29.8 Å². The van der Waals surface area contributed by atoms with Crippen molar-refractivity contribution >= 4 is 11.8 Å². The van der Waals surface area contributed by atoms with Gasteiger partial charge in [0.25, 0.3) is 0 Å². The van der Waals surface area contributed by atoms with Gasteiger partial charge >= 0.3 is 0 Å². The highest BCUT2D eigenvalue weighted by Crippen LogP contribution is 2.19. The normalized spacial score (nSPS) is 11.0. The Morgan fingerprint density at radius 2 is 1.76 bits per heavy atom. The Morgan fingerprint density at radius 1 is 1.08 bits per heavy atom. The van der Waals surface area contributed by atoms with Crippen LogP contribution in [-0.4, -0.2) is 44.6 Å². The monoisotopic (exact) mass is 344 g/mol. The summed E-state index contributed by atoms with van der Waals surface area (Å²) in [6.45, 7) is 7.80.